The van der Waals surface area contributed by atoms with Crippen LogP contribution >= 0.6 is 0 Å². The van der Waals surface area contributed by atoms with Crippen LogP contribution in [-0.4, -0.2) is 39.7 Å². The van der Waals surface area contributed by atoms with Crippen molar-refractivity contribution < 1.29 is 24.3 Å². The van der Waals surface area contributed by atoms with Gasteiger partial charge in [0.1, 0.15) is 6.04 Å². The van der Waals surface area contributed by atoms with Crippen molar-refractivity contribution in [2.45, 2.75) is 57.4 Å². The zero-order chi connectivity index (χ0) is 15.6. The first-order chi connectivity index (χ1) is 9.87. The summed E-state index contributed by atoms with van der Waals surface area (Å²) in [7, 11) is 0. The summed E-state index contributed by atoms with van der Waals surface area (Å²) in [4.78, 5) is 47.8. The molecule has 7 nitrogen and oxygen atoms in total. The van der Waals surface area contributed by atoms with E-state index in [0.717, 1.165) is 24.2 Å². The normalized spacial score (nSPS) is 22.6. The van der Waals surface area contributed by atoms with Gasteiger partial charge in [0.25, 0.3) is 0 Å². The van der Waals surface area contributed by atoms with Gasteiger partial charge in [0.15, 0.2) is 0 Å². The Bertz CT molecular complexity index is 482. The second-order valence-corrected chi connectivity index (χ2v) is 5.95. The molecule has 0 aromatic rings. The highest BCUT2D eigenvalue weighted by Gasteiger charge is 2.54. The maximum absolute atomic E-state index is 12.6. The molecular formula is C14H20N2O5. The van der Waals surface area contributed by atoms with Gasteiger partial charge in [-0.1, -0.05) is 19.3 Å². The van der Waals surface area contributed by atoms with Gasteiger partial charge in [0.2, 0.25) is 17.7 Å². The van der Waals surface area contributed by atoms with Gasteiger partial charge in [-0.05, 0) is 19.3 Å². The minimum atomic E-state index is -1.29. The number of aliphatic carboxylic acids is 1. The van der Waals surface area contributed by atoms with Crippen LogP contribution in [0.2, 0.25) is 0 Å². The molecule has 1 aliphatic heterocycles. The third kappa shape index (κ3) is 2.91. The minimum Gasteiger partial charge on any atom is -0.480 e. The molecule has 2 rings (SSSR count). The molecule has 1 aliphatic carbocycles. The summed E-state index contributed by atoms with van der Waals surface area (Å²) in [5.41, 5.74) is 4.31. The molecule has 1 heterocycles. The fraction of sp³-hybridized carbons (Fsp3) is 0.714. The molecule has 116 valence electrons. The predicted molar refractivity (Wildman–Crippen MR) is 71.8 cm³/mol. The molecule has 1 atom stereocenters. The van der Waals surface area contributed by atoms with E-state index in [1.807, 2.05) is 0 Å². The van der Waals surface area contributed by atoms with Gasteiger partial charge in [-0.2, -0.15) is 0 Å². The molecule has 3 amide bonds. The fourth-order valence-corrected chi connectivity index (χ4v) is 3.40. The van der Waals surface area contributed by atoms with Gasteiger partial charge < -0.3 is 10.8 Å². The molecule has 2 fully saturated rings. The van der Waals surface area contributed by atoms with Crippen molar-refractivity contribution in [1.82, 2.24) is 4.90 Å². The van der Waals surface area contributed by atoms with E-state index in [4.69, 9.17) is 5.73 Å². The van der Waals surface area contributed by atoms with E-state index in [1.54, 1.807) is 0 Å². The second-order valence-electron chi connectivity index (χ2n) is 5.95. The number of nitrogens with two attached hydrogens (primary N) is 1. The number of imide groups is 1. The summed E-state index contributed by atoms with van der Waals surface area (Å²) in [6.45, 7) is 0. The first-order valence-corrected chi connectivity index (χ1v) is 7.25. The van der Waals surface area contributed by atoms with Crippen LogP contribution in [0.5, 0.6) is 0 Å². The van der Waals surface area contributed by atoms with Crippen molar-refractivity contribution >= 4 is 23.7 Å². The summed E-state index contributed by atoms with van der Waals surface area (Å²) in [6, 6.07) is -1.29. The Morgan fingerprint density at radius 3 is 2.38 bits per heavy atom. The third-order valence-corrected chi connectivity index (χ3v) is 4.50. The maximum atomic E-state index is 12.6. The number of carbonyl (C=O) groups is 4. The molecular weight excluding hydrogens is 276 g/mol. The van der Waals surface area contributed by atoms with Crippen LogP contribution in [0.1, 0.15) is 51.4 Å². The van der Waals surface area contributed by atoms with Crippen molar-refractivity contribution in [2.75, 3.05) is 0 Å². The van der Waals surface area contributed by atoms with E-state index in [0.29, 0.717) is 12.8 Å². The largest absolute Gasteiger partial charge is 0.480 e. The number of hydrogen-bond acceptors (Lipinski definition) is 4. The Morgan fingerprint density at radius 1 is 1.24 bits per heavy atom. The maximum Gasteiger partial charge on any atom is 0.326 e. The number of carbonyl (C=O) groups excluding carboxylic acids is 3. The van der Waals surface area contributed by atoms with Crippen molar-refractivity contribution in [3.8, 4) is 0 Å². The zero-order valence-corrected chi connectivity index (χ0v) is 11.8. The summed E-state index contributed by atoms with van der Waals surface area (Å²) < 4.78 is 0. The monoisotopic (exact) mass is 296 g/mol. The molecule has 7 heteroatoms. The standard InChI is InChI=1S/C14H20N2O5/c15-10(17)5-4-9(12(19)20)16-11(18)8-14(13(16)21)6-2-1-3-7-14/h9H,1-8H2,(H2,15,17)(H,19,20). The van der Waals surface area contributed by atoms with Crippen molar-refractivity contribution in [3.05, 3.63) is 0 Å². The van der Waals surface area contributed by atoms with Gasteiger partial charge in [-0.3, -0.25) is 19.3 Å². The van der Waals surface area contributed by atoms with Gasteiger partial charge in [-0.25, -0.2) is 4.79 Å². The average Bonchev–Trinajstić information content (AvgIpc) is 2.63. The Kier molecular flexibility index (Phi) is 4.29. The van der Waals surface area contributed by atoms with E-state index >= 15 is 0 Å². The number of nitrogens with zero attached hydrogens (tertiary/aromatic N) is 1. The lowest BCUT2D eigenvalue weighted by molar-refractivity contribution is -0.156. The Morgan fingerprint density at radius 2 is 1.86 bits per heavy atom. The van der Waals surface area contributed by atoms with Crippen LogP contribution in [0.3, 0.4) is 0 Å². The van der Waals surface area contributed by atoms with Crippen LogP contribution in [0.15, 0.2) is 0 Å². The molecule has 0 aromatic heterocycles. The van der Waals surface area contributed by atoms with Crippen LogP contribution < -0.4 is 5.73 Å². The van der Waals surface area contributed by atoms with E-state index in [9.17, 15) is 24.3 Å². The van der Waals surface area contributed by atoms with Crippen LogP contribution in [-0.2, 0) is 19.2 Å². The highest BCUT2D eigenvalue weighted by molar-refractivity contribution is 6.08. The number of rotatable bonds is 5. The Labute approximate surface area is 122 Å². The topological polar surface area (TPSA) is 118 Å². The van der Waals surface area contributed by atoms with E-state index in [1.165, 1.54) is 0 Å². The first kappa shape index (κ1) is 15.5. The number of primary amides is 1. The summed E-state index contributed by atoms with van der Waals surface area (Å²) >= 11 is 0. The quantitative estimate of drug-likeness (QED) is 0.713. The van der Waals surface area contributed by atoms with Crippen molar-refractivity contribution in [3.63, 3.8) is 0 Å². The minimum absolute atomic E-state index is 0.0895. The van der Waals surface area contributed by atoms with Crippen molar-refractivity contribution in [2.24, 2.45) is 11.1 Å². The first-order valence-electron chi connectivity index (χ1n) is 7.25. The molecule has 0 radical (unpaired) electrons. The highest BCUT2D eigenvalue weighted by Crippen LogP contribution is 2.46. The van der Waals surface area contributed by atoms with Crippen molar-refractivity contribution in [1.29, 1.82) is 0 Å². The summed E-state index contributed by atoms with van der Waals surface area (Å²) in [5, 5.41) is 9.27. The second kappa shape index (κ2) is 5.83. The Balaban J connectivity index is 2.20. The molecule has 1 saturated heterocycles. The van der Waals surface area contributed by atoms with Gasteiger partial charge >= 0.3 is 5.97 Å². The summed E-state index contributed by atoms with van der Waals surface area (Å²) in [5.74, 6) is -2.75. The molecule has 0 bridgehead atoms. The third-order valence-electron chi connectivity index (χ3n) is 4.50. The lowest BCUT2D eigenvalue weighted by atomic mass is 9.73. The smallest absolute Gasteiger partial charge is 0.326 e. The summed E-state index contributed by atoms with van der Waals surface area (Å²) in [6.07, 6.45) is 3.86. The number of carboxylic acids is 1. The van der Waals surface area contributed by atoms with E-state index in [2.05, 4.69) is 0 Å². The highest BCUT2D eigenvalue weighted by atomic mass is 16.4. The van der Waals surface area contributed by atoms with Crippen LogP contribution in [0.4, 0.5) is 0 Å². The van der Waals surface area contributed by atoms with E-state index < -0.39 is 29.2 Å². The Hall–Kier alpha value is -1.92. The molecule has 21 heavy (non-hydrogen) atoms. The molecule has 0 aromatic carbocycles. The molecule has 3 N–H and O–H groups in total. The van der Waals surface area contributed by atoms with Gasteiger partial charge in [-0.15, -0.1) is 0 Å². The molecule has 1 saturated carbocycles. The molecule has 1 spiro atoms. The number of hydrogen-bond donors (Lipinski definition) is 2. The lowest BCUT2D eigenvalue weighted by Gasteiger charge is -2.31. The number of amides is 3. The average molecular weight is 296 g/mol. The number of carboxylic acid groups (broad SMARTS) is 1. The molecule has 2 aliphatic rings. The zero-order valence-electron chi connectivity index (χ0n) is 11.8. The van der Waals surface area contributed by atoms with Gasteiger partial charge in [0, 0.05) is 12.8 Å². The van der Waals surface area contributed by atoms with E-state index in [-0.39, 0.29) is 25.2 Å². The fourth-order valence-electron chi connectivity index (χ4n) is 3.40. The van der Waals surface area contributed by atoms with Gasteiger partial charge in [0.05, 0.1) is 5.41 Å². The van der Waals surface area contributed by atoms with Crippen LogP contribution in [0.25, 0.3) is 0 Å². The van der Waals surface area contributed by atoms with Crippen LogP contribution in [0, 0.1) is 5.41 Å². The lowest BCUT2D eigenvalue weighted by Crippen LogP contribution is -2.47. The molecule has 1 unspecified atom stereocenters. The predicted octanol–water partition coefficient (Wildman–Crippen LogP) is 0.414. The number of likely N-dealkylation sites (tertiary alicyclic amines) is 1. The SMILES string of the molecule is NC(=O)CCC(C(=O)O)N1C(=O)CC2(CCCCC2)C1=O.